The zero-order valence-electron chi connectivity index (χ0n) is 14.1. The maximum absolute atomic E-state index is 11.9. The van der Waals surface area contributed by atoms with Gasteiger partial charge in [0.2, 0.25) is 0 Å². The van der Waals surface area contributed by atoms with Crippen LogP contribution < -0.4 is 11.2 Å². The van der Waals surface area contributed by atoms with E-state index in [1.54, 1.807) is 0 Å². The largest absolute Gasteiger partial charge is 0.530 e. The first kappa shape index (κ1) is 17.3. The van der Waals surface area contributed by atoms with Crippen LogP contribution in [0.1, 0.15) is 25.3 Å². The lowest BCUT2D eigenvalue weighted by molar-refractivity contribution is -0.136. The third kappa shape index (κ3) is 4.70. The summed E-state index contributed by atoms with van der Waals surface area (Å²) in [5, 5.41) is 0. The van der Waals surface area contributed by atoms with Crippen LogP contribution in [0.25, 0.3) is 11.1 Å². The highest BCUT2D eigenvalue weighted by atomic mass is 16.5. The van der Waals surface area contributed by atoms with Crippen molar-refractivity contribution in [3.63, 3.8) is 0 Å². The van der Waals surface area contributed by atoms with Crippen molar-refractivity contribution >= 4 is 18.3 Å². The average Bonchev–Trinajstić information content (AvgIpc) is 2.56. The predicted octanol–water partition coefficient (Wildman–Crippen LogP) is 3.16. The van der Waals surface area contributed by atoms with Crippen molar-refractivity contribution in [2.75, 3.05) is 0 Å². The summed E-state index contributed by atoms with van der Waals surface area (Å²) in [7, 11) is 0. The van der Waals surface area contributed by atoms with Gasteiger partial charge in [-0.15, -0.1) is 0 Å². The van der Waals surface area contributed by atoms with E-state index >= 15 is 0 Å². The summed E-state index contributed by atoms with van der Waals surface area (Å²) in [6, 6.07) is 16.0. The smallest absolute Gasteiger partial charge is 0.392 e. The van der Waals surface area contributed by atoms with Gasteiger partial charge in [0.25, 0.3) is 0 Å². The summed E-state index contributed by atoms with van der Waals surface area (Å²) in [6.45, 7) is 5.65. The van der Waals surface area contributed by atoms with Crippen molar-refractivity contribution in [1.29, 1.82) is 0 Å². The fourth-order valence-corrected chi connectivity index (χ4v) is 2.45. The highest BCUT2D eigenvalue weighted by molar-refractivity contribution is 6.67. The molecule has 0 heterocycles. The maximum atomic E-state index is 11.9. The molecule has 23 heavy (non-hydrogen) atoms. The van der Waals surface area contributed by atoms with Crippen LogP contribution in [-0.4, -0.2) is 18.9 Å². The van der Waals surface area contributed by atoms with Crippen molar-refractivity contribution in [3.8, 4) is 11.1 Å². The van der Waals surface area contributed by atoms with Crippen LogP contribution in [0.4, 0.5) is 0 Å². The van der Waals surface area contributed by atoms with E-state index in [-0.39, 0.29) is 12.9 Å². The molecule has 0 radical (unpaired) electrons. The predicted molar refractivity (Wildman–Crippen MR) is 96.8 cm³/mol. The highest BCUT2D eigenvalue weighted by Crippen LogP contribution is 2.18. The van der Waals surface area contributed by atoms with Gasteiger partial charge >= 0.3 is 12.9 Å². The molecule has 4 heteroatoms. The topological polar surface area (TPSA) is 52.3 Å². The van der Waals surface area contributed by atoms with Crippen LogP contribution in [-0.2, 0) is 9.45 Å². The number of aryl methyl sites for hydroxylation is 1. The Kier molecular flexibility index (Phi) is 6.00. The number of carbonyl (C=O) groups excluding carboxylic acids is 1. The van der Waals surface area contributed by atoms with E-state index in [4.69, 9.17) is 10.4 Å². The maximum Gasteiger partial charge on any atom is 0.392 e. The van der Waals surface area contributed by atoms with Crippen LogP contribution in [0.15, 0.2) is 48.5 Å². The van der Waals surface area contributed by atoms with Gasteiger partial charge in [-0.2, -0.15) is 0 Å². The zero-order chi connectivity index (χ0) is 16.8. The molecular weight excluding hydrogens is 285 g/mol. The standard InChI is InChI=1S/C19H24BNO2/c1-4-5-18(21)19(22)23-20(3)17-12-10-16(11-13-17)15-8-6-14(2)7-9-15/h6-13,18H,4-5,21H2,1-3H3. The van der Waals surface area contributed by atoms with E-state index in [0.717, 1.165) is 17.4 Å². The van der Waals surface area contributed by atoms with Crippen molar-refractivity contribution in [2.24, 2.45) is 5.73 Å². The quantitative estimate of drug-likeness (QED) is 0.834. The summed E-state index contributed by atoms with van der Waals surface area (Å²) < 4.78 is 5.45. The molecule has 1 unspecified atom stereocenters. The molecule has 2 N–H and O–H groups in total. The van der Waals surface area contributed by atoms with Crippen LogP contribution >= 0.6 is 0 Å². The van der Waals surface area contributed by atoms with Gasteiger partial charge in [-0.1, -0.05) is 67.4 Å². The molecule has 0 aromatic heterocycles. The van der Waals surface area contributed by atoms with Crippen molar-refractivity contribution in [1.82, 2.24) is 0 Å². The number of hydrogen-bond acceptors (Lipinski definition) is 3. The van der Waals surface area contributed by atoms with Gasteiger partial charge in [0.15, 0.2) is 0 Å². The van der Waals surface area contributed by atoms with Crippen LogP contribution in [0.3, 0.4) is 0 Å². The van der Waals surface area contributed by atoms with Gasteiger partial charge in [-0.3, -0.25) is 4.79 Å². The Morgan fingerprint density at radius 2 is 1.61 bits per heavy atom. The molecule has 0 aliphatic rings. The summed E-state index contributed by atoms with van der Waals surface area (Å²) in [4.78, 5) is 11.9. The number of carbonyl (C=O) groups is 1. The molecule has 0 bridgehead atoms. The summed E-state index contributed by atoms with van der Waals surface area (Å²) in [5.74, 6) is -0.332. The number of hydrogen-bond donors (Lipinski definition) is 1. The van der Waals surface area contributed by atoms with Gasteiger partial charge in [-0.05, 0) is 36.8 Å². The molecule has 0 saturated carbocycles. The van der Waals surface area contributed by atoms with E-state index < -0.39 is 6.04 Å². The summed E-state index contributed by atoms with van der Waals surface area (Å²) in [5.41, 5.74) is 10.3. The minimum absolute atomic E-state index is 0.294. The molecule has 2 aromatic carbocycles. The van der Waals surface area contributed by atoms with E-state index in [1.165, 1.54) is 11.1 Å². The van der Waals surface area contributed by atoms with Gasteiger partial charge in [0.1, 0.15) is 6.04 Å². The second kappa shape index (κ2) is 7.98. The molecule has 1 atom stereocenters. The Labute approximate surface area is 139 Å². The van der Waals surface area contributed by atoms with E-state index in [0.29, 0.717) is 6.42 Å². The van der Waals surface area contributed by atoms with Gasteiger partial charge in [-0.25, -0.2) is 0 Å². The van der Waals surface area contributed by atoms with Gasteiger partial charge in [0, 0.05) is 0 Å². The minimum atomic E-state index is -0.533. The molecule has 2 rings (SSSR count). The first-order valence-corrected chi connectivity index (χ1v) is 8.14. The molecule has 0 aliphatic heterocycles. The average molecular weight is 309 g/mol. The first-order chi connectivity index (χ1) is 11.0. The third-order valence-corrected chi connectivity index (χ3v) is 3.96. The number of rotatable bonds is 6. The Balaban J connectivity index is 2.04. The Morgan fingerprint density at radius 1 is 1.09 bits per heavy atom. The molecule has 0 fully saturated rings. The molecule has 2 aromatic rings. The zero-order valence-corrected chi connectivity index (χ0v) is 14.1. The molecular formula is C19H24BNO2. The number of nitrogens with two attached hydrogens (primary N) is 1. The molecule has 3 nitrogen and oxygen atoms in total. The van der Waals surface area contributed by atoms with Crippen molar-refractivity contribution < 1.29 is 9.45 Å². The summed E-state index contributed by atoms with van der Waals surface area (Å²) >= 11 is 0. The monoisotopic (exact) mass is 309 g/mol. The van der Waals surface area contributed by atoms with Crippen LogP contribution in [0, 0.1) is 6.92 Å². The fourth-order valence-electron chi connectivity index (χ4n) is 2.45. The van der Waals surface area contributed by atoms with E-state index in [2.05, 4.69) is 43.3 Å². The van der Waals surface area contributed by atoms with E-state index in [1.807, 2.05) is 25.9 Å². The lowest BCUT2D eigenvalue weighted by Crippen LogP contribution is -2.40. The molecule has 0 saturated heterocycles. The lowest BCUT2D eigenvalue weighted by atomic mass is 9.63. The van der Waals surface area contributed by atoms with E-state index in [9.17, 15) is 4.79 Å². The Bertz CT molecular complexity index is 637. The first-order valence-electron chi connectivity index (χ1n) is 8.14. The van der Waals surface area contributed by atoms with Gasteiger partial charge in [0.05, 0.1) is 0 Å². The van der Waals surface area contributed by atoms with Crippen molar-refractivity contribution in [3.05, 3.63) is 54.1 Å². The lowest BCUT2D eigenvalue weighted by Gasteiger charge is -2.15. The summed E-state index contributed by atoms with van der Waals surface area (Å²) in [6.07, 6.45) is 1.52. The normalized spacial score (nSPS) is 11.8. The molecule has 0 amide bonds. The Morgan fingerprint density at radius 3 is 2.13 bits per heavy atom. The third-order valence-electron chi connectivity index (χ3n) is 3.96. The van der Waals surface area contributed by atoms with Crippen LogP contribution in [0.5, 0.6) is 0 Å². The molecule has 120 valence electrons. The molecule has 0 aliphatic carbocycles. The molecule has 0 spiro atoms. The second-order valence-electron chi connectivity index (χ2n) is 5.96. The fraction of sp³-hybridized carbons (Fsp3) is 0.316. The van der Waals surface area contributed by atoms with Gasteiger partial charge < -0.3 is 10.4 Å². The SMILES string of the molecule is CCCC(N)C(=O)OB(C)c1ccc(-c2ccc(C)cc2)cc1. The van der Waals surface area contributed by atoms with Crippen LogP contribution in [0.2, 0.25) is 6.82 Å². The Hall–Kier alpha value is -2.07. The van der Waals surface area contributed by atoms with Crippen molar-refractivity contribution in [2.45, 2.75) is 39.6 Å². The highest BCUT2D eigenvalue weighted by Gasteiger charge is 2.21. The second-order valence-corrected chi connectivity index (χ2v) is 5.96. The number of benzene rings is 2. The minimum Gasteiger partial charge on any atom is -0.530 e.